The van der Waals surface area contributed by atoms with Gasteiger partial charge in [-0.2, -0.15) is 0 Å². The molecule has 0 fully saturated rings. The van der Waals surface area contributed by atoms with E-state index in [2.05, 4.69) is 11.5 Å². The molecule has 0 saturated carbocycles. The molecule has 0 aromatic carbocycles. The van der Waals surface area contributed by atoms with E-state index in [1.807, 2.05) is 6.92 Å². The van der Waals surface area contributed by atoms with Crippen molar-refractivity contribution in [1.82, 2.24) is 0 Å². The fraction of sp³-hybridized carbons (Fsp3) is 0.333. The van der Waals surface area contributed by atoms with Gasteiger partial charge in [-0.1, -0.05) is 5.73 Å². The predicted molar refractivity (Wildman–Crippen MR) is 41.8 cm³/mol. The van der Waals surface area contributed by atoms with Gasteiger partial charge >= 0.3 is 0 Å². The average molecular weight is 150 g/mol. The first-order chi connectivity index (χ1) is 5.29. The molecule has 0 unspecified atom stereocenters. The minimum absolute atomic E-state index is 0.604. The predicted octanol–water partition coefficient (Wildman–Crippen LogP) is 1.76. The van der Waals surface area contributed by atoms with E-state index in [1.165, 1.54) is 0 Å². The molecule has 0 amide bonds. The molecule has 0 bridgehead atoms. The lowest BCUT2D eigenvalue weighted by Crippen LogP contribution is -1.98. The van der Waals surface area contributed by atoms with Gasteiger partial charge in [0.05, 0.1) is 14.2 Å². The smallest absolute Gasteiger partial charge is 0.213 e. The van der Waals surface area contributed by atoms with Gasteiger partial charge in [0, 0.05) is 5.57 Å². The quantitative estimate of drug-likeness (QED) is 0.558. The van der Waals surface area contributed by atoms with Crippen molar-refractivity contribution >= 4 is 0 Å². The average Bonchev–Trinajstić information content (AvgIpc) is 2.04. The van der Waals surface area contributed by atoms with Gasteiger partial charge in [0.2, 0.25) is 5.76 Å². The highest BCUT2D eigenvalue weighted by molar-refractivity contribution is 5.34. The molecule has 1 rings (SSSR count). The van der Waals surface area contributed by atoms with Crippen LogP contribution in [0.3, 0.4) is 0 Å². The summed E-state index contributed by atoms with van der Waals surface area (Å²) in [6.07, 6.45) is 1.81. The number of hydrogen-bond acceptors (Lipinski definition) is 2. The summed E-state index contributed by atoms with van der Waals surface area (Å²) in [4.78, 5) is 0. The molecule has 0 spiro atoms. The number of ether oxygens (including phenoxy) is 2. The fourth-order valence-electron chi connectivity index (χ4n) is 0.909. The second kappa shape index (κ2) is 3.16. The number of hydrogen-bond donors (Lipinski definition) is 0. The highest BCUT2D eigenvalue weighted by atomic mass is 16.5. The largest absolute Gasteiger partial charge is 0.492 e. The van der Waals surface area contributed by atoms with Gasteiger partial charge in [-0.3, -0.25) is 0 Å². The maximum atomic E-state index is 5.09. The summed E-state index contributed by atoms with van der Waals surface area (Å²) in [7, 11) is 3.19. The summed E-state index contributed by atoms with van der Waals surface area (Å²) in [6.45, 7) is 1.94. The van der Waals surface area contributed by atoms with E-state index in [0.29, 0.717) is 5.76 Å². The molecule has 0 aromatic heterocycles. The molecule has 0 atom stereocenters. The SMILES string of the molecule is COC1=C=C=CC(C)=C1OC. The van der Waals surface area contributed by atoms with Gasteiger partial charge in [-0.05, 0) is 18.7 Å². The van der Waals surface area contributed by atoms with Crippen LogP contribution in [0.5, 0.6) is 0 Å². The van der Waals surface area contributed by atoms with Gasteiger partial charge in [-0.15, -0.1) is 0 Å². The van der Waals surface area contributed by atoms with Crippen molar-refractivity contribution in [1.29, 1.82) is 0 Å². The molecule has 1 aliphatic rings. The lowest BCUT2D eigenvalue weighted by molar-refractivity contribution is 0.218. The van der Waals surface area contributed by atoms with Gasteiger partial charge in [0.1, 0.15) is 0 Å². The third-order valence-electron chi connectivity index (χ3n) is 1.45. The lowest BCUT2D eigenvalue weighted by atomic mass is 10.2. The zero-order chi connectivity index (χ0) is 8.27. The molecule has 0 heterocycles. The molecule has 0 N–H and O–H groups in total. The Morgan fingerprint density at radius 3 is 2.45 bits per heavy atom. The van der Waals surface area contributed by atoms with E-state index >= 15 is 0 Å². The minimum atomic E-state index is 0.604. The minimum Gasteiger partial charge on any atom is -0.492 e. The Morgan fingerprint density at radius 1 is 1.27 bits per heavy atom. The second-order valence-electron chi connectivity index (χ2n) is 2.16. The van der Waals surface area contributed by atoms with Crippen LogP contribution < -0.4 is 0 Å². The van der Waals surface area contributed by atoms with Crippen molar-refractivity contribution < 1.29 is 9.47 Å². The highest BCUT2D eigenvalue weighted by Crippen LogP contribution is 2.17. The number of allylic oxidation sites excluding steroid dienone is 2. The molecule has 1 aliphatic carbocycles. The van der Waals surface area contributed by atoms with Crippen molar-refractivity contribution in [3.05, 3.63) is 34.6 Å². The third-order valence-corrected chi connectivity index (χ3v) is 1.45. The number of methoxy groups -OCH3 is 2. The normalized spacial score (nSPS) is 15.0. The molecule has 0 aliphatic heterocycles. The van der Waals surface area contributed by atoms with Crippen LogP contribution >= 0.6 is 0 Å². The number of rotatable bonds is 2. The molecule has 0 saturated heterocycles. The van der Waals surface area contributed by atoms with Crippen molar-refractivity contribution in [2.24, 2.45) is 0 Å². The summed E-state index contributed by atoms with van der Waals surface area (Å²) >= 11 is 0. The third kappa shape index (κ3) is 1.38. The Bertz CT molecular complexity index is 285. The maximum absolute atomic E-state index is 5.09. The van der Waals surface area contributed by atoms with E-state index in [0.717, 1.165) is 11.3 Å². The van der Waals surface area contributed by atoms with E-state index in [-0.39, 0.29) is 0 Å². The van der Waals surface area contributed by atoms with Crippen molar-refractivity contribution in [3.8, 4) is 0 Å². The van der Waals surface area contributed by atoms with Crippen molar-refractivity contribution in [2.45, 2.75) is 6.92 Å². The van der Waals surface area contributed by atoms with Crippen LogP contribution in [0.1, 0.15) is 6.92 Å². The molecular formula is C9H10O2. The first-order valence-electron chi connectivity index (χ1n) is 3.30. The molecule has 58 valence electrons. The van der Waals surface area contributed by atoms with Gasteiger partial charge in [0.25, 0.3) is 0 Å². The van der Waals surface area contributed by atoms with Crippen LogP contribution in [0.25, 0.3) is 0 Å². The Labute approximate surface area is 66.1 Å². The van der Waals surface area contributed by atoms with Gasteiger partial charge in [-0.25, -0.2) is 0 Å². The Balaban J connectivity index is 3.09. The first-order valence-corrected chi connectivity index (χ1v) is 3.30. The van der Waals surface area contributed by atoms with Crippen LogP contribution in [0.15, 0.2) is 34.6 Å². The molecule has 2 nitrogen and oxygen atoms in total. The summed E-state index contributed by atoms with van der Waals surface area (Å²) < 4.78 is 10.1. The van der Waals surface area contributed by atoms with Crippen LogP contribution in [0, 0.1) is 0 Å². The Kier molecular flexibility index (Phi) is 2.22. The van der Waals surface area contributed by atoms with Crippen molar-refractivity contribution in [3.63, 3.8) is 0 Å². The van der Waals surface area contributed by atoms with Crippen molar-refractivity contribution in [2.75, 3.05) is 14.2 Å². The Morgan fingerprint density at radius 2 is 2.00 bits per heavy atom. The topological polar surface area (TPSA) is 18.5 Å². The van der Waals surface area contributed by atoms with Gasteiger partial charge in [0.15, 0.2) is 5.76 Å². The summed E-state index contributed by atoms with van der Waals surface area (Å²) in [6, 6.07) is 0. The van der Waals surface area contributed by atoms with Gasteiger partial charge < -0.3 is 9.47 Å². The van der Waals surface area contributed by atoms with Crippen LogP contribution in [-0.4, -0.2) is 14.2 Å². The maximum Gasteiger partial charge on any atom is 0.213 e. The summed E-state index contributed by atoms with van der Waals surface area (Å²) in [5, 5.41) is 0. The first kappa shape index (κ1) is 7.74. The summed E-state index contributed by atoms with van der Waals surface area (Å²) in [5.41, 5.74) is 6.63. The summed E-state index contributed by atoms with van der Waals surface area (Å²) in [5.74, 6) is 1.33. The Hall–Kier alpha value is -1.36. The van der Waals surface area contributed by atoms with E-state index in [4.69, 9.17) is 9.47 Å². The zero-order valence-electron chi connectivity index (χ0n) is 6.89. The van der Waals surface area contributed by atoms with E-state index in [9.17, 15) is 0 Å². The zero-order valence-corrected chi connectivity index (χ0v) is 6.89. The molecule has 2 heteroatoms. The second-order valence-corrected chi connectivity index (χ2v) is 2.16. The molecule has 11 heavy (non-hydrogen) atoms. The van der Waals surface area contributed by atoms with Crippen LogP contribution in [0.4, 0.5) is 0 Å². The standard InChI is InChI=1S/C9H10O2/c1-7-5-4-6-8(10-2)9(7)11-3/h5H,1-3H3. The monoisotopic (exact) mass is 150 g/mol. The van der Waals surface area contributed by atoms with Crippen LogP contribution in [-0.2, 0) is 9.47 Å². The molecular weight excluding hydrogens is 140 g/mol. The van der Waals surface area contributed by atoms with E-state index in [1.54, 1.807) is 20.3 Å². The highest BCUT2D eigenvalue weighted by Gasteiger charge is 2.09. The van der Waals surface area contributed by atoms with E-state index < -0.39 is 0 Å². The fourth-order valence-corrected chi connectivity index (χ4v) is 0.909. The lowest BCUT2D eigenvalue weighted by Gasteiger charge is -2.09. The molecule has 0 radical (unpaired) electrons. The molecule has 0 aromatic rings. The van der Waals surface area contributed by atoms with Crippen LogP contribution in [0.2, 0.25) is 0 Å².